The molecule has 0 spiro atoms. The second-order valence-electron chi connectivity index (χ2n) is 6.17. The minimum absolute atomic E-state index is 0.210. The number of rotatable bonds is 9. The van der Waals surface area contributed by atoms with Gasteiger partial charge in [0.15, 0.2) is 5.11 Å². The van der Waals surface area contributed by atoms with E-state index in [9.17, 15) is 9.59 Å². The standard InChI is InChI=1S/C21H23BrN2O3S/c22-17-11-13-18(14-12-17)23-21(28)24-19(25)9-4-10-20(26)27-15-5-8-16-6-2-1-3-7-16/h1-3,6-7,11-14H,4-5,8-10,15H2,(H2,23,24,25,28). The van der Waals surface area contributed by atoms with E-state index in [0.717, 1.165) is 23.0 Å². The van der Waals surface area contributed by atoms with E-state index in [-0.39, 0.29) is 29.8 Å². The molecular formula is C21H23BrN2O3S. The Bertz CT molecular complexity index is 782. The SMILES string of the molecule is O=C(CCCC(=O)OCCCc1ccccc1)NC(=S)Nc1ccc(Br)cc1. The molecule has 2 aromatic rings. The lowest BCUT2D eigenvalue weighted by Crippen LogP contribution is -2.34. The van der Waals surface area contributed by atoms with E-state index < -0.39 is 0 Å². The third-order valence-electron chi connectivity index (χ3n) is 3.86. The number of benzene rings is 2. The maximum atomic E-state index is 11.9. The second-order valence-corrected chi connectivity index (χ2v) is 7.50. The Morgan fingerprint density at radius 3 is 2.39 bits per heavy atom. The van der Waals surface area contributed by atoms with Gasteiger partial charge in [0.1, 0.15) is 0 Å². The van der Waals surface area contributed by atoms with Crippen LogP contribution in [0.25, 0.3) is 0 Å². The van der Waals surface area contributed by atoms with Crippen LogP contribution in [0.4, 0.5) is 5.69 Å². The molecule has 1 amide bonds. The lowest BCUT2D eigenvalue weighted by atomic mass is 10.1. The van der Waals surface area contributed by atoms with Crippen LogP contribution in [0.1, 0.15) is 31.2 Å². The molecule has 0 aliphatic rings. The smallest absolute Gasteiger partial charge is 0.305 e. The van der Waals surface area contributed by atoms with E-state index in [2.05, 4.69) is 38.7 Å². The summed E-state index contributed by atoms with van der Waals surface area (Å²) in [5.41, 5.74) is 2.01. The van der Waals surface area contributed by atoms with Crippen LogP contribution in [0.15, 0.2) is 59.1 Å². The second kappa shape index (κ2) is 12.3. The van der Waals surface area contributed by atoms with Gasteiger partial charge >= 0.3 is 5.97 Å². The molecule has 0 aliphatic carbocycles. The molecule has 0 aliphatic heterocycles. The molecule has 0 unspecified atom stereocenters. The van der Waals surface area contributed by atoms with Gasteiger partial charge in [-0.1, -0.05) is 46.3 Å². The quantitative estimate of drug-likeness (QED) is 0.323. The zero-order chi connectivity index (χ0) is 20.2. The zero-order valence-electron chi connectivity index (χ0n) is 15.4. The number of anilines is 1. The van der Waals surface area contributed by atoms with Crippen LogP contribution < -0.4 is 10.6 Å². The number of amides is 1. The van der Waals surface area contributed by atoms with E-state index in [1.54, 1.807) is 0 Å². The van der Waals surface area contributed by atoms with Crippen LogP contribution in [-0.4, -0.2) is 23.6 Å². The molecule has 2 rings (SSSR count). The fourth-order valence-electron chi connectivity index (χ4n) is 2.46. The summed E-state index contributed by atoms with van der Waals surface area (Å²) in [5, 5.41) is 5.77. The third kappa shape index (κ3) is 9.10. The lowest BCUT2D eigenvalue weighted by Gasteiger charge is -2.09. The number of carbonyl (C=O) groups is 2. The first-order valence-corrected chi connectivity index (χ1v) is 10.3. The summed E-state index contributed by atoms with van der Waals surface area (Å²) in [4.78, 5) is 23.6. The number of ether oxygens (including phenoxy) is 1. The van der Waals surface area contributed by atoms with Gasteiger partial charge in [-0.3, -0.25) is 9.59 Å². The maximum absolute atomic E-state index is 11.9. The Kier molecular flexibility index (Phi) is 9.65. The lowest BCUT2D eigenvalue weighted by molar-refractivity contribution is -0.143. The first kappa shape index (κ1) is 22.0. The van der Waals surface area contributed by atoms with Crippen LogP contribution in [0, 0.1) is 0 Å². The minimum atomic E-state index is -0.281. The predicted octanol–water partition coefficient (Wildman–Crippen LogP) is 4.61. The zero-order valence-corrected chi connectivity index (χ0v) is 17.9. The van der Waals surface area contributed by atoms with Gasteiger partial charge < -0.3 is 15.4 Å². The Morgan fingerprint density at radius 1 is 0.964 bits per heavy atom. The molecule has 0 fully saturated rings. The summed E-state index contributed by atoms with van der Waals surface area (Å²) in [5.74, 6) is -0.511. The van der Waals surface area contributed by atoms with E-state index in [4.69, 9.17) is 17.0 Å². The van der Waals surface area contributed by atoms with E-state index in [0.29, 0.717) is 13.0 Å². The fourth-order valence-corrected chi connectivity index (χ4v) is 2.95. The number of thiocarbonyl (C=S) groups is 1. The first-order chi connectivity index (χ1) is 13.5. The van der Waals surface area contributed by atoms with Gasteiger partial charge in [0.05, 0.1) is 6.61 Å². The molecule has 7 heteroatoms. The van der Waals surface area contributed by atoms with Crippen molar-refractivity contribution in [2.24, 2.45) is 0 Å². The molecule has 2 N–H and O–H groups in total. The average molecular weight is 463 g/mol. The van der Waals surface area contributed by atoms with Gasteiger partial charge in [-0.2, -0.15) is 0 Å². The maximum Gasteiger partial charge on any atom is 0.305 e. The summed E-state index contributed by atoms with van der Waals surface area (Å²) in [6, 6.07) is 17.5. The molecule has 0 heterocycles. The topological polar surface area (TPSA) is 67.4 Å². The van der Waals surface area contributed by atoms with Gasteiger partial charge in [0.25, 0.3) is 0 Å². The molecule has 0 atom stereocenters. The normalized spacial score (nSPS) is 10.2. The van der Waals surface area contributed by atoms with Crippen molar-refractivity contribution in [2.75, 3.05) is 11.9 Å². The summed E-state index contributed by atoms with van der Waals surface area (Å²) in [7, 11) is 0. The van der Waals surface area contributed by atoms with Crippen LogP contribution in [-0.2, 0) is 20.7 Å². The van der Waals surface area contributed by atoms with Crippen molar-refractivity contribution in [1.82, 2.24) is 5.32 Å². The monoisotopic (exact) mass is 462 g/mol. The number of esters is 1. The molecule has 5 nitrogen and oxygen atoms in total. The average Bonchev–Trinajstić information content (AvgIpc) is 2.68. The van der Waals surface area contributed by atoms with E-state index in [1.165, 1.54) is 5.56 Å². The van der Waals surface area contributed by atoms with Crippen molar-refractivity contribution in [3.8, 4) is 0 Å². The number of halogens is 1. The van der Waals surface area contributed by atoms with Crippen molar-refractivity contribution in [1.29, 1.82) is 0 Å². The van der Waals surface area contributed by atoms with E-state index >= 15 is 0 Å². The predicted molar refractivity (Wildman–Crippen MR) is 118 cm³/mol. The highest BCUT2D eigenvalue weighted by Crippen LogP contribution is 2.14. The highest BCUT2D eigenvalue weighted by Gasteiger charge is 2.08. The first-order valence-electron chi connectivity index (χ1n) is 9.09. The number of aryl methyl sites for hydroxylation is 1. The highest BCUT2D eigenvalue weighted by atomic mass is 79.9. The summed E-state index contributed by atoms with van der Waals surface area (Å²) < 4.78 is 6.16. The third-order valence-corrected chi connectivity index (χ3v) is 4.59. The highest BCUT2D eigenvalue weighted by molar-refractivity contribution is 9.10. The van der Waals surface area contributed by atoms with Crippen LogP contribution in [0.5, 0.6) is 0 Å². The van der Waals surface area contributed by atoms with Crippen LogP contribution in [0.2, 0.25) is 0 Å². The molecule has 0 radical (unpaired) electrons. The van der Waals surface area contributed by atoms with Crippen LogP contribution >= 0.6 is 28.1 Å². The Balaban J connectivity index is 1.54. The van der Waals surface area contributed by atoms with Gasteiger partial charge in [-0.05, 0) is 61.3 Å². The summed E-state index contributed by atoms with van der Waals surface area (Å²) >= 11 is 8.47. The molecule has 2 aromatic carbocycles. The largest absolute Gasteiger partial charge is 0.466 e. The Hall–Kier alpha value is -2.25. The fraction of sp³-hybridized carbons (Fsp3) is 0.286. The molecule has 28 heavy (non-hydrogen) atoms. The summed E-state index contributed by atoms with van der Waals surface area (Å²) in [6.45, 7) is 0.390. The van der Waals surface area contributed by atoms with Gasteiger partial charge in [-0.25, -0.2) is 0 Å². The molecule has 0 saturated heterocycles. The van der Waals surface area contributed by atoms with Crippen molar-refractivity contribution in [3.63, 3.8) is 0 Å². The molecular weight excluding hydrogens is 440 g/mol. The molecule has 0 saturated carbocycles. The van der Waals surface area contributed by atoms with E-state index in [1.807, 2.05) is 42.5 Å². The van der Waals surface area contributed by atoms with Gasteiger partial charge in [-0.15, -0.1) is 0 Å². The minimum Gasteiger partial charge on any atom is -0.466 e. The number of carbonyl (C=O) groups excluding carboxylic acids is 2. The number of hydrogen-bond donors (Lipinski definition) is 2. The summed E-state index contributed by atoms with van der Waals surface area (Å²) in [6.07, 6.45) is 2.50. The van der Waals surface area contributed by atoms with Crippen molar-refractivity contribution < 1.29 is 14.3 Å². The van der Waals surface area contributed by atoms with Crippen molar-refractivity contribution >= 4 is 50.8 Å². The molecule has 0 bridgehead atoms. The molecule has 148 valence electrons. The number of nitrogens with one attached hydrogen (secondary N) is 2. The van der Waals surface area contributed by atoms with Crippen molar-refractivity contribution in [2.45, 2.75) is 32.1 Å². The van der Waals surface area contributed by atoms with Crippen molar-refractivity contribution in [3.05, 3.63) is 64.6 Å². The van der Waals surface area contributed by atoms with Gasteiger partial charge in [0.2, 0.25) is 5.91 Å². The molecule has 0 aromatic heterocycles. The Labute approximate surface area is 179 Å². The number of hydrogen-bond acceptors (Lipinski definition) is 4. The van der Waals surface area contributed by atoms with Crippen LogP contribution in [0.3, 0.4) is 0 Å². The van der Waals surface area contributed by atoms with Gasteiger partial charge in [0, 0.05) is 23.0 Å². The Morgan fingerprint density at radius 2 is 1.68 bits per heavy atom.